The lowest BCUT2D eigenvalue weighted by Crippen LogP contribution is -2.30. The molecule has 0 rings (SSSR count). The molecule has 0 aromatic heterocycles. The second-order valence-electron chi connectivity index (χ2n) is 2.71. The summed E-state index contributed by atoms with van der Waals surface area (Å²) < 4.78 is 5.24. The summed E-state index contributed by atoms with van der Waals surface area (Å²) in [6.45, 7) is 7.83. The van der Waals surface area contributed by atoms with E-state index in [1.165, 1.54) is 0 Å². The third-order valence-corrected chi connectivity index (χ3v) is 1.79. The molecule has 0 radical (unpaired) electrons. The van der Waals surface area contributed by atoms with Crippen LogP contribution in [0.15, 0.2) is 0 Å². The standard InChI is InChI=1S/C8H19NO/c1-4-8(9)7(3)6-10-5-2/h7-8H,4-6,9H2,1-3H3. The minimum atomic E-state index is 0.298. The fraction of sp³-hybridized carbons (Fsp3) is 1.00. The Balaban J connectivity index is 3.31. The molecule has 0 aliphatic rings. The predicted molar refractivity (Wildman–Crippen MR) is 43.9 cm³/mol. The lowest BCUT2D eigenvalue weighted by atomic mass is 10.0. The van der Waals surface area contributed by atoms with Crippen LogP contribution >= 0.6 is 0 Å². The zero-order chi connectivity index (χ0) is 7.98. The first-order valence-corrected chi connectivity index (χ1v) is 4.05. The smallest absolute Gasteiger partial charge is 0.0506 e. The van der Waals surface area contributed by atoms with Gasteiger partial charge >= 0.3 is 0 Å². The van der Waals surface area contributed by atoms with Crippen LogP contribution in [0.5, 0.6) is 0 Å². The molecule has 0 spiro atoms. The first kappa shape index (κ1) is 9.92. The van der Waals surface area contributed by atoms with Gasteiger partial charge in [-0.05, 0) is 19.3 Å². The van der Waals surface area contributed by atoms with Crippen LogP contribution in [-0.4, -0.2) is 19.3 Å². The highest BCUT2D eigenvalue weighted by Crippen LogP contribution is 2.03. The van der Waals surface area contributed by atoms with E-state index >= 15 is 0 Å². The topological polar surface area (TPSA) is 35.2 Å². The molecule has 0 amide bonds. The molecule has 0 fully saturated rings. The molecule has 2 unspecified atom stereocenters. The van der Waals surface area contributed by atoms with Crippen LogP contribution in [0.25, 0.3) is 0 Å². The van der Waals surface area contributed by atoms with Gasteiger partial charge in [0.05, 0.1) is 6.61 Å². The molecule has 0 saturated heterocycles. The SMILES string of the molecule is CCOCC(C)C(N)CC. The van der Waals surface area contributed by atoms with E-state index in [-0.39, 0.29) is 0 Å². The van der Waals surface area contributed by atoms with Crippen LogP contribution in [0, 0.1) is 5.92 Å². The summed E-state index contributed by atoms with van der Waals surface area (Å²) in [7, 11) is 0. The summed E-state index contributed by atoms with van der Waals surface area (Å²) >= 11 is 0. The van der Waals surface area contributed by atoms with Crippen LogP contribution in [0.2, 0.25) is 0 Å². The molecule has 10 heavy (non-hydrogen) atoms. The van der Waals surface area contributed by atoms with Gasteiger partial charge in [-0.2, -0.15) is 0 Å². The number of ether oxygens (including phenoxy) is 1. The third kappa shape index (κ3) is 3.85. The summed E-state index contributed by atoms with van der Waals surface area (Å²) in [5.74, 6) is 0.491. The lowest BCUT2D eigenvalue weighted by molar-refractivity contribution is 0.106. The predicted octanol–water partition coefficient (Wildman–Crippen LogP) is 1.40. The van der Waals surface area contributed by atoms with Crippen LogP contribution in [0.1, 0.15) is 27.2 Å². The van der Waals surface area contributed by atoms with Gasteiger partial charge in [0.2, 0.25) is 0 Å². The van der Waals surface area contributed by atoms with Gasteiger partial charge in [-0.1, -0.05) is 13.8 Å². The van der Waals surface area contributed by atoms with Crippen molar-refractivity contribution in [2.24, 2.45) is 11.7 Å². The van der Waals surface area contributed by atoms with Gasteiger partial charge in [-0.15, -0.1) is 0 Å². The number of hydrogen-bond donors (Lipinski definition) is 1. The van der Waals surface area contributed by atoms with Gasteiger partial charge in [0, 0.05) is 12.6 Å². The molecule has 2 atom stereocenters. The first-order valence-electron chi connectivity index (χ1n) is 4.05. The Morgan fingerprint density at radius 3 is 2.40 bits per heavy atom. The number of rotatable bonds is 5. The van der Waals surface area contributed by atoms with Crippen molar-refractivity contribution < 1.29 is 4.74 Å². The second kappa shape index (κ2) is 5.69. The molecule has 62 valence electrons. The average molecular weight is 145 g/mol. The maximum atomic E-state index is 5.78. The molecule has 0 heterocycles. The van der Waals surface area contributed by atoms with E-state index in [1.54, 1.807) is 0 Å². The zero-order valence-corrected chi connectivity index (χ0v) is 7.26. The zero-order valence-electron chi connectivity index (χ0n) is 7.26. The quantitative estimate of drug-likeness (QED) is 0.634. The molecule has 2 N–H and O–H groups in total. The molecule has 0 aromatic carbocycles. The maximum Gasteiger partial charge on any atom is 0.0506 e. The Kier molecular flexibility index (Phi) is 5.64. The molecule has 2 heteroatoms. The van der Waals surface area contributed by atoms with E-state index in [2.05, 4.69) is 13.8 Å². The number of hydrogen-bond acceptors (Lipinski definition) is 2. The van der Waals surface area contributed by atoms with Crippen molar-refractivity contribution in [1.82, 2.24) is 0 Å². The Morgan fingerprint density at radius 1 is 1.40 bits per heavy atom. The van der Waals surface area contributed by atoms with E-state index in [0.717, 1.165) is 19.6 Å². The molecular weight excluding hydrogens is 126 g/mol. The Hall–Kier alpha value is -0.0800. The van der Waals surface area contributed by atoms with Crippen LogP contribution in [-0.2, 0) is 4.74 Å². The van der Waals surface area contributed by atoms with Crippen molar-refractivity contribution >= 4 is 0 Å². The van der Waals surface area contributed by atoms with Crippen molar-refractivity contribution in [1.29, 1.82) is 0 Å². The van der Waals surface area contributed by atoms with Crippen LogP contribution in [0.3, 0.4) is 0 Å². The molecule has 0 saturated carbocycles. The Labute approximate surface area is 63.7 Å². The highest BCUT2D eigenvalue weighted by molar-refractivity contribution is 4.65. The first-order chi connectivity index (χ1) is 4.72. The summed E-state index contributed by atoms with van der Waals surface area (Å²) in [5.41, 5.74) is 5.78. The van der Waals surface area contributed by atoms with Crippen molar-refractivity contribution in [3.8, 4) is 0 Å². The Bertz CT molecular complexity index is 75.7. The minimum Gasteiger partial charge on any atom is -0.381 e. The monoisotopic (exact) mass is 145 g/mol. The van der Waals surface area contributed by atoms with Crippen LogP contribution < -0.4 is 5.73 Å². The summed E-state index contributed by atoms with van der Waals surface area (Å²) in [5, 5.41) is 0. The van der Waals surface area contributed by atoms with Crippen LogP contribution in [0.4, 0.5) is 0 Å². The largest absolute Gasteiger partial charge is 0.381 e. The average Bonchev–Trinajstić information content (AvgIpc) is 1.98. The molecule has 0 aliphatic carbocycles. The van der Waals surface area contributed by atoms with E-state index < -0.39 is 0 Å². The molecule has 2 nitrogen and oxygen atoms in total. The fourth-order valence-electron chi connectivity index (χ4n) is 0.830. The molecule has 0 bridgehead atoms. The molecular formula is C8H19NO. The highest BCUT2D eigenvalue weighted by Gasteiger charge is 2.09. The van der Waals surface area contributed by atoms with Gasteiger partial charge < -0.3 is 10.5 Å². The molecule has 0 aromatic rings. The lowest BCUT2D eigenvalue weighted by Gasteiger charge is -2.17. The normalized spacial score (nSPS) is 16.8. The fourth-order valence-corrected chi connectivity index (χ4v) is 0.830. The summed E-state index contributed by atoms with van der Waals surface area (Å²) in [4.78, 5) is 0. The van der Waals surface area contributed by atoms with Crippen molar-refractivity contribution in [2.75, 3.05) is 13.2 Å². The summed E-state index contributed by atoms with van der Waals surface area (Å²) in [6.07, 6.45) is 1.04. The van der Waals surface area contributed by atoms with Gasteiger partial charge in [0.1, 0.15) is 0 Å². The highest BCUT2D eigenvalue weighted by atomic mass is 16.5. The van der Waals surface area contributed by atoms with Crippen molar-refractivity contribution in [2.45, 2.75) is 33.2 Å². The Morgan fingerprint density at radius 2 is 2.00 bits per heavy atom. The second-order valence-corrected chi connectivity index (χ2v) is 2.71. The van der Waals surface area contributed by atoms with Gasteiger partial charge in [-0.3, -0.25) is 0 Å². The van der Waals surface area contributed by atoms with E-state index in [4.69, 9.17) is 10.5 Å². The van der Waals surface area contributed by atoms with E-state index in [0.29, 0.717) is 12.0 Å². The maximum absolute atomic E-state index is 5.78. The van der Waals surface area contributed by atoms with Gasteiger partial charge in [0.15, 0.2) is 0 Å². The summed E-state index contributed by atoms with van der Waals surface area (Å²) in [6, 6.07) is 0.298. The van der Waals surface area contributed by atoms with Gasteiger partial charge in [-0.25, -0.2) is 0 Å². The van der Waals surface area contributed by atoms with E-state index in [1.807, 2.05) is 6.92 Å². The van der Waals surface area contributed by atoms with Crippen molar-refractivity contribution in [3.63, 3.8) is 0 Å². The minimum absolute atomic E-state index is 0.298. The van der Waals surface area contributed by atoms with Gasteiger partial charge in [0.25, 0.3) is 0 Å². The third-order valence-electron chi connectivity index (χ3n) is 1.79. The van der Waals surface area contributed by atoms with E-state index in [9.17, 15) is 0 Å². The van der Waals surface area contributed by atoms with Crippen molar-refractivity contribution in [3.05, 3.63) is 0 Å². The number of nitrogens with two attached hydrogens (primary N) is 1. The molecule has 0 aliphatic heterocycles.